The van der Waals surface area contributed by atoms with Crippen LogP contribution in [0, 0.1) is 11.3 Å². The van der Waals surface area contributed by atoms with Crippen LogP contribution in [0.2, 0.25) is 5.02 Å². The molecule has 10 heteroatoms. The Labute approximate surface area is 222 Å². The fraction of sp³-hybridized carbons (Fsp3) is 0.481. The summed E-state index contributed by atoms with van der Waals surface area (Å²) in [6.45, 7) is 10.4. The Morgan fingerprint density at radius 2 is 1.68 bits per heavy atom. The summed E-state index contributed by atoms with van der Waals surface area (Å²) in [5.74, 6) is -1.44. The number of hydrogen-bond acceptors (Lipinski definition) is 9. The highest BCUT2D eigenvalue weighted by atomic mass is 35.5. The molecule has 0 aliphatic heterocycles. The van der Waals surface area contributed by atoms with E-state index >= 15 is 0 Å². The minimum Gasteiger partial charge on any atom is -0.495 e. The van der Waals surface area contributed by atoms with Gasteiger partial charge in [0.05, 0.1) is 25.2 Å². The van der Waals surface area contributed by atoms with Crippen LogP contribution < -0.4 is 18.9 Å². The number of Topliss-reactive ketones (excluding diaryl/α,β-unsaturated/α-hetero) is 1. The topological polar surface area (TPSA) is 110 Å². The summed E-state index contributed by atoms with van der Waals surface area (Å²) < 4.78 is 27.5. The number of hydrogen-bond donors (Lipinski definition) is 0. The Balaban J connectivity index is 2.15. The highest BCUT2D eigenvalue weighted by Gasteiger charge is 2.36. The zero-order chi connectivity index (χ0) is 27.9. The van der Waals surface area contributed by atoms with Crippen molar-refractivity contribution in [1.29, 1.82) is 0 Å². The SMILES string of the molecule is COc1cc(O[C@@H]([C@H](C)OC(=O)[C@H](C)CC(=O)c2nccc(OC)c2OC(C)=O)C(C)(C)C)ccc1Cl. The van der Waals surface area contributed by atoms with Gasteiger partial charge in [-0.05, 0) is 19.1 Å². The average Bonchev–Trinajstić information content (AvgIpc) is 2.82. The lowest BCUT2D eigenvalue weighted by Gasteiger charge is -2.35. The van der Waals surface area contributed by atoms with Crippen molar-refractivity contribution in [3.63, 3.8) is 0 Å². The van der Waals surface area contributed by atoms with E-state index in [-0.39, 0.29) is 23.6 Å². The molecule has 1 aromatic heterocycles. The van der Waals surface area contributed by atoms with E-state index in [1.54, 1.807) is 32.0 Å². The van der Waals surface area contributed by atoms with E-state index in [0.717, 1.165) is 0 Å². The fourth-order valence-corrected chi connectivity index (χ4v) is 3.88. The van der Waals surface area contributed by atoms with Crippen molar-refractivity contribution >= 4 is 29.3 Å². The average molecular weight is 536 g/mol. The summed E-state index contributed by atoms with van der Waals surface area (Å²) in [6.07, 6.45) is -0.0320. The highest BCUT2D eigenvalue weighted by molar-refractivity contribution is 6.32. The molecule has 0 spiro atoms. The molecule has 1 heterocycles. The predicted octanol–water partition coefficient (Wildman–Crippen LogP) is 5.31. The lowest BCUT2D eigenvalue weighted by molar-refractivity contribution is -0.160. The first kappa shape index (κ1) is 29.9. The number of ketones is 1. The number of benzene rings is 1. The van der Waals surface area contributed by atoms with Gasteiger partial charge in [0.2, 0.25) is 5.75 Å². The highest BCUT2D eigenvalue weighted by Crippen LogP contribution is 2.34. The molecule has 0 aliphatic carbocycles. The maximum absolute atomic E-state index is 13.0. The molecular weight excluding hydrogens is 502 g/mol. The molecule has 0 amide bonds. The zero-order valence-electron chi connectivity index (χ0n) is 22.4. The number of methoxy groups -OCH3 is 2. The lowest BCUT2D eigenvalue weighted by Crippen LogP contribution is -2.44. The van der Waals surface area contributed by atoms with E-state index in [2.05, 4.69) is 4.98 Å². The summed E-state index contributed by atoms with van der Waals surface area (Å²) >= 11 is 6.11. The molecule has 2 aromatic rings. The van der Waals surface area contributed by atoms with Crippen LogP contribution in [0.4, 0.5) is 0 Å². The minimum atomic E-state index is -0.802. The Hall–Kier alpha value is -3.33. The number of carbonyl (C=O) groups excluding carboxylic acids is 3. The van der Waals surface area contributed by atoms with E-state index in [1.807, 2.05) is 20.8 Å². The fourth-order valence-electron chi connectivity index (χ4n) is 3.69. The van der Waals surface area contributed by atoms with Gasteiger partial charge in [-0.3, -0.25) is 14.4 Å². The molecule has 0 saturated carbocycles. The second-order valence-electron chi connectivity index (χ2n) is 9.66. The maximum Gasteiger partial charge on any atom is 0.309 e. The Kier molecular flexibility index (Phi) is 10.3. The standard InChI is InChI=1S/C27H34ClNO8/c1-15(13-20(31)23-24(36-17(3)30)21(33-7)11-12-29-23)26(32)35-16(2)25(27(4,5)6)37-18-9-10-19(28)22(14-18)34-8/h9-12,14-16,25H,13H2,1-8H3/t15-,16+,25+/m1/s1. The molecule has 1 aromatic carbocycles. The maximum atomic E-state index is 13.0. The molecule has 202 valence electrons. The first-order valence-corrected chi connectivity index (χ1v) is 12.1. The van der Waals surface area contributed by atoms with Crippen LogP contribution >= 0.6 is 11.6 Å². The van der Waals surface area contributed by atoms with Gasteiger partial charge < -0.3 is 23.7 Å². The normalized spacial score (nSPS) is 13.6. The second-order valence-corrected chi connectivity index (χ2v) is 10.1. The molecule has 0 N–H and O–H groups in total. The Morgan fingerprint density at radius 3 is 2.24 bits per heavy atom. The van der Waals surface area contributed by atoms with Crippen molar-refractivity contribution in [3.8, 4) is 23.0 Å². The Bertz CT molecular complexity index is 1130. The van der Waals surface area contributed by atoms with Crippen LogP contribution in [0.3, 0.4) is 0 Å². The number of esters is 2. The van der Waals surface area contributed by atoms with Crippen LogP contribution in [0.25, 0.3) is 0 Å². The number of rotatable bonds is 11. The Morgan fingerprint density at radius 1 is 1.03 bits per heavy atom. The molecule has 37 heavy (non-hydrogen) atoms. The van der Waals surface area contributed by atoms with Gasteiger partial charge in [-0.1, -0.05) is 39.3 Å². The van der Waals surface area contributed by atoms with Gasteiger partial charge in [-0.25, -0.2) is 4.98 Å². The first-order valence-electron chi connectivity index (χ1n) is 11.7. The molecule has 9 nitrogen and oxygen atoms in total. The molecule has 0 unspecified atom stereocenters. The van der Waals surface area contributed by atoms with Crippen molar-refractivity contribution in [2.75, 3.05) is 14.2 Å². The number of halogens is 1. The summed E-state index contributed by atoms with van der Waals surface area (Å²) in [4.78, 5) is 41.5. The third kappa shape index (κ3) is 8.08. The van der Waals surface area contributed by atoms with Gasteiger partial charge in [-0.15, -0.1) is 0 Å². The third-order valence-corrected chi connectivity index (χ3v) is 5.77. The van der Waals surface area contributed by atoms with E-state index in [1.165, 1.54) is 33.4 Å². The van der Waals surface area contributed by atoms with Crippen LogP contribution in [-0.2, 0) is 14.3 Å². The molecule has 2 rings (SSSR count). The first-order chi connectivity index (χ1) is 17.3. The van der Waals surface area contributed by atoms with Crippen molar-refractivity contribution < 1.29 is 38.1 Å². The third-order valence-electron chi connectivity index (χ3n) is 5.46. The molecule has 0 fully saturated rings. The van der Waals surface area contributed by atoms with Crippen LogP contribution in [0.5, 0.6) is 23.0 Å². The zero-order valence-corrected chi connectivity index (χ0v) is 23.2. The molecule has 3 atom stereocenters. The molecule has 0 aliphatic rings. The van der Waals surface area contributed by atoms with Gasteiger partial charge in [0.25, 0.3) is 0 Å². The monoisotopic (exact) mass is 535 g/mol. The lowest BCUT2D eigenvalue weighted by atomic mass is 9.86. The molecule has 0 radical (unpaired) electrons. The number of carbonyl (C=O) groups is 3. The van der Waals surface area contributed by atoms with E-state index in [9.17, 15) is 14.4 Å². The number of pyridine rings is 1. The van der Waals surface area contributed by atoms with Crippen LogP contribution in [0.15, 0.2) is 30.5 Å². The van der Waals surface area contributed by atoms with Gasteiger partial charge in [0.15, 0.2) is 17.2 Å². The van der Waals surface area contributed by atoms with Gasteiger partial charge in [-0.2, -0.15) is 0 Å². The van der Waals surface area contributed by atoms with Crippen molar-refractivity contribution in [3.05, 3.63) is 41.2 Å². The van der Waals surface area contributed by atoms with Crippen molar-refractivity contribution in [2.24, 2.45) is 11.3 Å². The summed E-state index contributed by atoms with van der Waals surface area (Å²) in [5, 5.41) is 0.447. The summed E-state index contributed by atoms with van der Waals surface area (Å²) in [7, 11) is 2.89. The number of nitrogens with zero attached hydrogens (tertiary/aromatic N) is 1. The van der Waals surface area contributed by atoms with Crippen LogP contribution in [-0.4, -0.2) is 49.1 Å². The minimum absolute atomic E-state index is 0.0870. The molecular formula is C27H34ClNO8. The van der Waals surface area contributed by atoms with E-state index in [0.29, 0.717) is 16.5 Å². The second kappa shape index (κ2) is 12.8. The summed E-state index contributed by atoms with van der Waals surface area (Å²) in [5.41, 5.74) is -0.510. The largest absolute Gasteiger partial charge is 0.495 e. The number of aromatic nitrogens is 1. The quantitative estimate of drug-likeness (QED) is 0.279. The molecule has 0 bridgehead atoms. The van der Waals surface area contributed by atoms with Crippen LogP contribution in [0.1, 0.15) is 58.5 Å². The number of ether oxygens (including phenoxy) is 5. The molecule has 0 saturated heterocycles. The predicted molar refractivity (Wildman–Crippen MR) is 138 cm³/mol. The van der Waals surface area contributed by atoms with Gasteiger partial charge in [0.1, 0.15) is 23.7 Å². The van der Waals surface area contributed by atoms with E-state index in [4.69, 9.17) is 35.3 Å². The van der Waals surface area contributed by atoms with Gasteiger partial charge in [0, 0.05) is 37.1 Å². The van der Waals surface area contributed by atoms with Crippen molar-refractivity contribution in [2.45, 2.75) is 60.2 Å². The smallest absolute Gasteiger partial charge is 0.309 e. The van der Waals surface area contributed by atoms with Gasteiger partial charge >= 0.3 is 11.9 Å². The van der Waals surface area contributed by atoms with E-state index < -0.39 is 41.3 Å². The summed E-state index contributed by atoms with van der Waals surface area (Å²) in [6, 6.07) is 6.51. The van der Waals surface area contributed by atoms with Crippen molar-refractivity contribution in [1.82, 2.24) is 4.98 Å².